The second-order valence-electron chi connectivity index (χ2n) is 10.1. The van der Waals surface area contributed by atoms with Gasteiger partial charge < -0.3 is 14.6 Å². The molecule has 4 rings (SSSR count). The van der Waals surface area contributed by atoms with E-state index in [1.54, 1.807) is 7.11 Å². The fraction of sp³-hybridized carbons (Fsp3) is 0.750. The van der Waals surface area contributed by atoms with E-state index in [4.69, 9.17) is 9.47 Å². The lowest BCUT2D eigenvalue weighted by molar-refractivity contribution is -0.168. The van der Waals surface area contributed by atoms with E-state index in [1.807, 2.05) is 0 Å². The first-order valence-corrected chi connectivity index (χ1v) is 11.0. The third-order valence-electron chi connectivity index (χ3n) is 9.01. The molecule has 0 saturated heterocycles. The minimum atomic E-state index is -1.39. The van der Waals surface area contributed by atoms with Gasteiger partial charge in [0.05, 0.1) is 12.9 Å². The summed E-state index contributed by atoms with van der Waals surface area (Å²) in [5.74, 6) is 1.62. The fourth-order valence-electron chi connectivity index (χ4n) is 7.22. The number of Topliss-reactive ketones (excluding diaryl/α,β-unsaturated/α-hetero) is 1. The lowest BCUT2D eigenvalue weighted by atomic mass is 9.47. The maximum absolute atomic E-state index is 12.9. The summed E-state index contributed by atoms with van der Waals surface area (Å²) in [5, 5.41) is 11.5. The number of hydrogen-bond donors (Lipinski definition) is 1. The standard InChI is InChI=1S/C24H34O5/c1-15(25)29-14-21(26)24(27)12-9-20-18-6-5-16-13-17(28-4)7-10-22(16,2)19(18)8-11-23(20,24)3/h5,13,18-20,27H,6-12,14H2,1-4H3/t18-,19+,20-,22+,23-,24+/m1/s1. The first kappa shape index (κ1) is 20.6. The van der Waals surface area contributed by atoms with Crippen LogP contribution in [0.3, 0.4) is 0 Å². The molecule has 0 aliphatic heterocycles. The number of carbonyl (C=O) groups excluding carboxylic acids is 2. The minimum Gasteiger partial charge on any atom is -0.501 e. The molecule has 2 fully saturated rings. The van der Waals surface area contributed by atoms with Crippen molar-refractivity contribution >= 4 is 11.8 Å². The molecule has 5 nitrogen and oxygen atoms in total. The monoisotopic (exact) mass is 402 g/mol. The number of allylic oxidation sites excluding steroid dienone is 4. The zero-order valence-corrected chi connectivity index (χ0v) is 18.1. The lowest BCUT2D eigenvalue weighted by Gasteiger charge is -2.57. The van der Waals surface area contributed by atoms with Crippen molar-refractivity contribution in [2.24, 2.45) is 28.6 Å². The quantitative estimate of drug-likeness (QED) is 0.721. The molecule has 0 bridgehead atoms. The van der Waals surface area contributed by atoms with Gasteiger partial charge in [-0.2, -0.15) is 0 Å². The molecule has 160 valence electrons. The number of rotatable bonds is 4. The van der Waals surface area contributed by atoms with E-state index >= 15 is 0 Å². The average molecular weight is 403 g/mol. The molecular weight excluding hydrogens is 368 g/mol. The van der Waals surface area contributed by atoms with Crippen LogP contribution in [0.25, 0.3) is 0 Å². The summed E-state index contributed by atoms with van der Waals surface area (Å²) in [7, 11) is 1.75. The molecule has 0 amide bonds. The molecule has 0 aromatic rings. The lowest BCUT2D eigenvalue weighted by Crippen LogP contribution is -2.57. The van der Waals surface area contributed by atoms with E-state index in [-0.39, 0.29) is 17.8 Å². The normalized spacial score (nSPS) is 43.3. The highest BCUT2D eigenvalue weighted by molar-refractivity contribution is 5.90. The third kappa shape index (κ3) is 2.91. The van der Waals surface area contributed by atoms with Gasteiger partial charge in [0.1, 0.15) is 5.60 Å². The van der Waals surface area contributed by atoms with Gasteiger partial charge >= 0.3 is 5.97 Å². The van der Waals surface area contributed by atoms with Gasteiger partial charge in [-0.05, 0) is 73.3 Å². The summed E-state index contributed by atoms with van der Waals surface area (Å²) in [5.41, 5.74) is -0.285. The number of ether oxygens (including phenoxy) is 2. The Morgan fingerprint density at radius 1 is 1.17 bits per heavy atom. The van der Waals surface area contributed by atoms with Gasteiger partial charge in [0.25, 0.3) is 0 Å². The van der Waals surface area contributed by atoms with Crippen molar-refractivity contribution < 1.29 is 24.2 Å². The van der Waals surface area contributed by atoms with Crippen molar-refractivity contribution in [3.63, 3.8) is 0 Å². The maximum atomic E-state index is 12.9. The Morgan fingerprint density at radius 2 is 1.90 bits per heavy atom. The molecule has 0 spiro atoms. The Labute approximate surface area is 173 Å². The van der Waals surface area contributed by atoms with Crippen LogP contribution in [0.15, 0.2) is 23.5 Å². The zero-order valence-electron chi connectivity index (χ0n) is 18.1. The second kappa shape index (κ2) is 6.97. The number of ketones is 1. The van der Waals surface area contributed by atoms with Crippen LogP contribution in [0.1, 0.15) is 65.7 Å². The summed E-state index contributed by atoms with van der Waals surface area (Å²) in [6.45, 7) is 5.46. The Balaban J connectivity index is 1.61. The molecular formula is C24H34O5. The van der Waals surface area contributed by atoms with Gasteiger partial charge in [0.15, 0.2) is 6.61 Å². The van der Waals surface area contributed by atoms with E-state index in [9.17, 15) is 14.7 Å². The highest BCUT2D eigenvalue weighted by Gasteiger charge is 2.65. The second-order valence-corrected chi connectivity index (χ2v) is 10.1. The molecule has 4 aliphatic carbocycles. The molecule has 0 unspecified atom stereocenters. The molecule has 0 radical (unpaired) electrons. The van der Waals surface area contributed by atoms with Gasteiger partial charge in [-0.3, -0.25) is 9.59 Å². The Morgan fingerprint density at radius 3 is 2.59 bits per heavy atom. The molecule has 0 aromatic carbocycles. The number of esters is 1. The van der Waals surface area contributed by atoms with Crippen molar-refractivity contribution in [1.82, 2.24) is 0 Å². The first-order valence-electron chi connectivity index (χ1n) is 11.0. The Kier molecular flexibility index (Phi) is 4.96. The molecule has 29 heavy (non-hydrogen) atoms. The smallest absolute Gasteiger partial charge is 0.303 e. The molecule has 2 saturated carbocycles. The van der Waals surface area contributed by atoms with E-state index in [0.29, 0.717) is 24.2 Å². The number of hydrogen-bond acceptors (Lipinski definition) is 5. The third-order valence-corrected chi connectivity index (χ3v) is 9.01. The van der Waals surface area contributed by atoms with Crippen LogP contribution in [0, 0.1) is 28.6 Å². The molecule has 5 heteroatoms. The minimum absolute atomic E-state index is 0.148. The van der Waals surface area contributed by atoms with Crippen molar-refractivity contribution in [3.05, 3.63) is 23.5 Å². The van der Waals surface area contributed by atoms with E-state index < -0.39 is 17.0 Å². The van der Waals surface area contributed by atoms with Crippen LogP contribution in [0.2, 0.25) is 0 Å². The van der Waals surface area contributed by atoms with Crippen molar-refractivity contribution in [2.45, 2.75) is 71.3 Å². The fourth-order valence-corrected chi connectivity index (χ4v) is 7.22. The average Bonchev–Trinajstić information content (AvgIpc) is 2.97. The SMILES string of the molecule is COC1=CC2=CC[C@H]3[C@H]4CC[C@](O)(C(=O)COC(C)=O)[C@]4(C)CC[C@@H]3[C@@]2(C)CC1. The number of aliphatic hydroxyl groups is 1. The highest BCUT2D eigenvalue weighted by Crippen LogP contribution is 2.67. The van der Waals surface area contributed by atoms with Crippen molar-refractivity contribution in [1.29, 1.82) is 0 Å². The molecule has 0 heterocycles. The van der Waals surface area contributed by atoms with Crippen LogP contribution in [-0.4, -0.2) is 36.2 Å². The van der Waals surface area contributed by atoms with Gasteiger partial charge in [-0.25, -0.2) is 0 Å². The summed E-state index contributed by atoms with van der Waals surface area (Å²) < 4.78 is 10.5. The molecule has 1 N–H and O–H groups in total. The zero-order chi connectivity index (χ0) is 21.0. The van der Waals surface area contributed by atoms with Crippen molar-refractivity contribution in [2.75, 3.05) is 13.7 Å². The first-order chi connectivity index (χ1) is 13.7. The van der Waals surface area contributed by atoms with Crippen LogP contribution in [-0.2, 0) is 19.1 Å². The summed E-state index contributed by atoms with van der Waals surface area (Å²) in [4.78, 5) is 24.0. The summed E-state index contributed by atoms with van der Waals surface area (Å²) in [6, 6.07) is 0. The van der Waals surface area contributed by atoms with Gasteiger partial charge in [-0.15, -0.1) is 0 Å². The van der Waals surface area contributed by atoms with Gasteiger partial charge in [-0.1, -0.05) is 19.9 Å². The topological polar surface area (TPSA) is 72.8 Å². The summed E-state index contributed by atoms with van der Waals surface area (Å²) >= 11 is 0. The molecule has 0 aromatic heterocycles. The summed E-state index contributed by atoms with van der Waals surface area (Å²) in [6.07, 6.45) is 10.9. The predicted molar refractivity (Wildman–Crippen MR) is 109 cm³/mol. The van der Waals surface area contributed by atoms with Crippen LogP contribution in [0.4, 0.5) is 0 Å². The number of carbonyl (C=O) groups is 2. The maximum Gasteiger partial charge on any atom is 0.303 e. The molecule has 4 aliphatic rings. The predicted octanol–water partition coefficient (Wildman–Crippen LogP) is 3.95. The Hall–Kier alpha value is -1.62. The van der Waals surface area contributed by atoms with Crippen LogP contribution >= 0.6 is 0 Å². The number of methoxy groups -OCH3 is 1. The van der Waals surface area contributed by atoms with Crippen LogP contribution in [0.5, 0.6) is 0 Å². The van der Waals surface area contributed by atoms with E-state index in [0.717, 1.165) is 44.3 Å². The van der Waals surface area contributed by atoms with E-state index in [2.05, 4.69) is 26.0 Å². The number of fused-ring (bicyclic) bond motifs is 5. The van der Waals surface area contributed by atoms with Crippen molar-refractivity contribution in [3.8, 4) is 0 Å². The molecule has 6 atom stereocenters. The van der Waals surface area contributed by atoms with Gasteiger partial charge in [0, 0.05) is 18.8 Å². The van der Waals surface area contributed by atoms with Gasteiger partial charge in [0.2, 0.25) is 5.78 Å². The van der Waals surface area contributed by atoms with E-state index in [1.165, 1.54) is 12.5 Å². The van der Waals surface area contributed by atoms with Crippen LogP contribution < -0.4 is 0 Å². The highest BCUT2D eigenvalue weighted by atomic mass is 16.5. The Bertz CT molecular complexity index is 782. The largest absolute Gasteiger partial charge is 0.501 e.